The summed E-state index contributed by atoms with van der Waals surface area (Å²) in [6.45, 7) is 4.64. The van der Waals surface area contributed by atoms with Gasteiger partial charge in [0.2, 0.25) is 0 Å². The third-order valence-electron chi connectivity index (χ3n) is 5.76. The third kappa shape index (κ3) is 13.4. The standard InChI is InChI=1S/C24H44N5O4PS.H3N/c1-3-4-5-6-7-8-9-10-11-12-15-35-16-13-14-33-34(30,31)20-32-21(2)17-29-19-28-22-23(25)26-18-27-24(22)29;/h18-19,21H,3-17,20H2,1-2H3,(H,30,31)(H2,25,26,27);1H3/t21-;/m1./s1. The molecular formula is C24H47N6O4PS. The molecule has 6 N–H and O–H groups in total. The fourth-order valence-electron chi connectivity index (χ4n) is 3.78. The Morgan fingerprint density at radius 2 is 1.67 bits per heavy atom. The minimum atomic E-state index is -4.03. The van der Waals surface area contributed by atoms with Crippen LogP contribution in [0.2, 0.25) is 0 Å². The van der Waals surface area contributed by atoms with E-state index in [9.17, 15) is 9.46 Å². The van der Waals surface area contributed by atoms with Crippen molar-refractivity contribution < 1.29 is 18.7 Å². The quantitative estimate of drug-likeness (QED) is 0.146. The molecule has 0 radical (unpaired) electrons. The number of rotatable bonds is 21. The van der Waals surface area contributed by atoms with Gasteiger partial charge >= 0.3 is 0 Å². The maximum Gasteiger partial charge on any atom is 0.165 e. The lowest BCUT2D eigenvalue weighted by Gasteiger charge is -2.25. The van der Waals surface area contributed by atoms with Crippen molar-refractivity contribution in [2.24, 2.45) is 0 Å². The van der Waals surface area contributed by atoms with E-state index in [1.54, 1.807) is 17.8 Å². The van der Waals surface area contributed by atoms with E-state index in [4.69, 9.17) is 15.0 Å². The molecule has 0 aliphatic carbocycles. The maximum absolute atomic E-state index is 12.1. The van der Waals surface area contributed by atoms with Crippen molar-refractivity contribution in [3.63, 3.8) is 0 Å². The highest BCUT2D eigenvalue weighted by Crippen LogP contribution is 2.37. The van der Waals surface area contributed by atoms with E-state index in [0.717, 1.165) is 11.5 Å². The monoisotopic (exact) mass is 546 g/mol. The Morgan fingerprint density at radius 1 is 1.03 bits per heavy atom. The maximum atomic E-state index is 12.1. The van der Waals surface area contributed by atoms with Gasteiger partial charge in [0.25, 0.3) is 0 Å². The summed E-state index contributed by atoms with van der Waals surface area (Å²) in [6, 6.07) is 0. The van der Waals surface area contributed by atoms with Crippen molar-refractivity contribution >= 4 is 36.3 Å². The lowest BCUT2D eigenvalue weighted by atomic mass is 10.1. The Bertz CT molecular complexity index is 887. The smallest absolute Gasteiger partial charge is 0.165 e. The molecule has 10 nitrogen and oxygen atoms in total. The van der Waals surface area contributed by atoms with E-state index in [0.29, 0.717) is 29.9 Å². The van der Waals surface area contributed by atoms with Crippen LogP contribution >= 0.6 is 19.4 Å². The van der Waals surface area contributed by atoms with Gasteiger partial charge in [0.1, 0.15) is 18.2 Å². The fourth-order valence-corrected chi connectivity index (χ4v) is 5.63. The zero-order valence-corrected chi connectivity index (χ0v) is 24.1. The van der Waals surface area contributed by atoms with Crippen LogP contribution in [0.1, 0.15) is 84.5 Å². The summed E-state index contributed by atoms with van der Waals surface area (Å²) in [6.07, 6.45) is 16.3. The summed E-state index contributed by atoms with van der Waals surface area (Å²) in [5, 5.41) is 0. The van der Waals surface area contributed by atoms with Gasteiger partial charge in [-0.2, -0.15) is 11.8 Å². The SMILES string of the molecule is CCCCCCCCCCCCSCCCOP(=O)([O-])CO[C@H](C)Cn1cnc2c(N)ncnc21.[NH4+]. The number of nitrogens with zero attached hydrogens (tertiary/aromatic N) is 4. The Balaban J connectivity index is 0.00000648. The van der Waals surface area contributed by atoms with E-state index in [1.165, 1.54) is 70.5 Å². The summed E-state index contributed by atoms with van der Waals surface area (Å²) in [4.78, 5) is 24.4. The number of nitrogens with two attached hydrogens (primary N) is 1. The topological polar surface area (TPSA) is 165 Å². The van der Waals surface area contributed by atoms with Crippen LogP contribution in [0.5, 0.6) is 0 Å². The van der Waals surface area contributed by atoms with Crippen LogP contribution < -0.4 is 16.8 Å². The molecule has 0 aliphatic rings. The van der Waals surface area contributed by atoms with Crippen LogP contribution in [-0.4, -0.2) is 50.1 Å². The summed E-state index contributed by atoms with van der Waals surface area (Å²) < 4.78 is 24.5. The summed E-state index contributed by atoms with van der Waals surface area (Å²) in [7, 11) is -4.03. The number of imidazole rings is 1. The van der Waals surface area contributed by atoms with Crippen LogP contribution in [0.25, 0.3) is 11.2 Å². The average molecular weight is 547 g/mol. The first-order valence-electron chi connectivity index (χ1n) is 13.0. The Hall–Kier alpha value is -1.23. The molecule has 0 bridgehead atoms. The van der Waals surface area contributed by atoms with Crippen molar-refractivity contribution in [3.05, 3.63) is 12.7 Å². The van der Waals surface area contributed by atoms with Gasteiger partial charge in [0, 0.05) is 0 Å². The van der Waals surface area contributed by atoms with Gasteiger partial charge < -0.3 is 35.2 Å². The first kappa shape index (κ1) is 32.8. The lowest BCUT2D eigenvalue weighted by molar-refractivity contribution is -0.205. The molecule has 2 aromatic rings. The molecule has 2 atom stereocenters. The van der Waals surface area contributed by atoms with E-state index in [1.807, 2.05) is 11.8 Å². The van der Waals surface area contributed by atoms with Crippen molar-refractivity contribution in [2.45, 2.75) is 97.1 Å². The van der Waals surface area contributed by atoms with Crippen LogP contribution in [0.3, 0.4) is 0 Å². The molecule has 0 spiro atoms. The second kappa shape index (κ2) is 18.9. The number of quaternary nitrogens is 1. The van der Waals surface area contributed by atoms with Crippen LogP contribution in [0, 0.1) is 0 Å². The average Bonchev–Trinajstić information content (AvgIpc) is 3.24. The van der Waals surface area contributed by atoms with Gasteiger partial charge in [0.05, 0.1) is 25.6 Å². The fraction of sp³-hybridized carbons (Fsp3) is 0.792. The number of anilines is 1. The third-order valence-corrected chi connectivity index (χ3v) is 7.96. The van der Waals surface area contributed by atoms with Crippen molar-refractivity contribution in [1.29, 1.82) is 0 Å². The molecule has 0 aliphatic heterocycles. The van der Waals surface area contributed by atoms with Gasteiger partial charge in [-0.1, -0.05) is 64.7 Å². The molecule has 12 heteroatoms. The predicted molar refractivity (Wildman–Crippen MR) is 148 cm³/mol. The highest BCUT2D eigenvalue weighted by Gasteiger charge is 2.14. The number of thioether (sulfide) groups is 1. The van der Waals surface area contributed by atoms with Crippen LogP contribution in [0.4, 0.5) is 5.82 Å². The number of hydrogen-bond donors (Lipinski definition) is 2. The Kier molecular flexibility index (Phi) is 17.2. The largest absolute Gasteiger partial charge is 0.777 e. The number of aromatic nitrogens is 4. The number of fused-ring (bicyclic) bond motifs is 1. The molecule has 0 amide bonds. The first-order chi connectivity index (χ1) is 16.9. The number of nitrogen functional groups attached to an aromatic ring is 1. The number of hydrogen-bond acceptors (Lipinski definition) is 9. The first-order valence-corrected chi connectivity index (χ1v) is 15.9. The molecule has 2 aromatic heterocycles. The van der Waals surface area contributed by atoms with Crippen molar-refractivity contribution in [3.8, 4) is 0 Å². The molecule has 2 heterocycles. The van der Waals surface area contributed by atoms with Gasteiger partial charge in [-0.3, -0.25) is 0 Å². The van der Waals surface area contributed by atoms with Gasteiger partial charge in [-0.25, -0.2) is 15.0 Å². The normalized spacial score (nSPS) is 14.0. The summed E-state index contributed by atoms with van der Waals surface area (Å²) in [5.41, 5.74) is 6.90. The zero-order chi connectivity index (χ0) is 25.4. The summed E-state index contributed by atoms with van der Waals surface area (Å²) in [5.74, 6) is 2.35. The van der Waals surface area contributed by atoms with Crippen LogP contribution in [0.15, 0.2) is 12.7 Å². The highest BCUT2D eigenvalue weighted by molar-refractivity contribution is 7.99. The van der Waals surface area contributed by atoms with Crippen molar-refractivity contribution in [1.82, 2.24) is 25.7 Å². The van der Waals surface area contributed by atoms with E-state index < -0.39 is 13.9 Å². The number of unbranched alkanes of at least 4 members (excludes halogenated alkanes) is 9. The molecule has 0 fully saturated rings. The predicted octanol–water partition coefficient (Wildman–Crippen LogP) is 5.76. The second-order valence-corrected chi connectivity index (χ2v) is 12.0. The van der Waals surface area contributed by atoms with E-state index in [-0.39, 0.29) is 18.9 Å². The Labute approximate surface area is 220 Å². The molecule has 36 heavy (non-hydrogen) atoms. The van der Waals surface area contributed by atoms with E-state index in [2.05, 4.69) is 21.9 Å². The molecular weight excluding hydrogens is 499 g/mol. The molecule has 1 unspecified atom stereocenters. The number of ether oxygens (including phenoxy) is 1. The summed E-state index contributed by atoms with van der Waals surface area (Å²) >= 11 is 1.87. The van der Waals surface area contributed by atoms with Crippen LogP contribution in [-0.2, 0) is 20.4 Å². The highest BCUT2D eigenvalue weighted by atomic mass is 32.2. The van der Waals surface area contributed by atoms with Gasteiger partial charge in [-0.15, -0.1) is 0 Å². The lowest BCUT2D eigenvalue weighted by Crippen LogP contribution is -2.20. The van der Waals surface area contributed by atoms with Crippen molar-refractivity contribution in [2.75, 3.05) is 30.2 Å². The van der Waals surface area contributed by atoms with Gasteiger partial charge in [0.15, 0.2) is 19.1 Å². The minimum absolute atomic E-state index is 0. The second-order valence-electron chi connectivity index (χ2n) is 9.03. The molecule has 2 rings (SSSR count). The minimum Gasteiger partial charge on any atom is -0.777 e. The Morgan fingerprint density at radius 3 is 2.36 bits per heavy atom. The molecule has 208 valence electrons. The molecule has 0 saturated carbocycles. The zero-order valence-electron chi connectivity index (χ0n) is 22.4. The van der Waals surface area contributed by atoms with E-state index >= 15 is 0 Å². The molecule has 0 aromatic carbocycles. The molecule has 0 saturated heterocycles. The van der Waals surface area contributed by atoms with Gasteiger partial charge in [-0.05, 0) is 31.3 Å².